The van der Waals surface area contributed by atoms with E-state index in [0.29, 0.717) is 48.0 Å². The predicted molar refractivity (Wildman–Crippen MR) is 133 cm³/mol. The topological polar surface area (TPSA) is 60.9 Å². The van der Waals surface area contributed by atoms with Gasteiger partial charge in [0.1, 0.15) is 0 Å². The molecule has 0 aliphatic carbocycles. The van der Waals surface area contributed by atoms with Gasteiger partial charge in [-0.15, -0.1) is 0 Å². The highest BCUT2D eigenvalue weighted by atomic mass is 35.5. The molecular formula is C27H22ClN3O3. The molecule has 0 unspecified atom stereocenters. The highest BCUT2D eigenvalue weighted by molar-refractivity contribution is 6.36. The Bertz CT molecular complexity index is 1260. The molecule has 0 atom stereocenters. The number of halogens is 1. The molecule has 2 aliphatic rings. The number of amides is 3. The van der Waals surface area contributed by atoms with Crippen LogP contribution in [0.2, 0.25) is 5.02 Å². The first-order valence-corrected chi connectivity index (χ1v) is 11.4. The van der Waals surface area contributed by atoms with Crippen LogP contribution in [0.1, 0.15) is 26.3 Å². The summed E-state index contributed by atoms with van der Waals surface area (Å²) in [5, 5.41) is 0.440. The van der Waals surface area contributed by atoms with Crippen molar-refractivity contribution < 1.29 is 14.4 Å². The molecule has 34 heavy (non-hydrogen) atoms. The van der Waals surface area contributed by atoms with Crippen LogP contribution in [0.15, 0.2) is 78.9 Å². The average Bonchev–Trinajstić information content (AvgIpc) is 3.13. The fourth-order valence-electron chi connectivity index (χ4n) is 4.36. The number of fused-ring (bicyclic) bond motifs is 1. The number of anilines is 2. The minimum absolute atomic E-state index is 0.0415. The molecule has 7 heteroatoms. The molecule has 1 fully saturated rings. The van der Waals surface area contributed by atoms with Gasteiger partial charge in [0.05, 0.1) is 22.5 Å². The second kappa shape index (κ2) is 9.15. The van der Waals surface area contributed by atoms with E-state index in [1.165, 1.54) is 4.90 Å². The lowest BCUT2D eigenvalue weighted by Crippen LogP contribution is -2.48. The van der Waals surface area contributed by atoms with Gasteiger partial charge in [-0.2, -0.15) is 0 Å². The van der Waals surface area contributed by atoms with Gasteiger partial charge in [-0.25, -0.2) is 4.90 Å². The molecular weight excluding hydrogens is 450 g/mol. The summed E-state index contributed by atoms with van der Waals surface area (Å²) in [6.07, 6.45) is 3.41. The van der Waals surface area contributed by atoms with Gasteiger partial charge < -0.3 is 9.80 Å². The molecule has 0 radical (unpaired) electrons. The van der Waals surface area contributed by atoms with E-state index in [4.69, 9.17) is 11.6 Å². The first-order chi connectivity index (χ1) is 16.5. The lowest BCUT2D eigenvalue weighted by atomic mass is 10.1. The van der Waals surface area contributed by atoms with E-state index in [1.54, 1.807) is 47.4 Å². The summed E-state index contributed by atoms with van der Waals surface area (Å²) in [5.41, 5.74) is 2.95. The van der Waals surface area contributed by atoms with Crippen LogP contribution in [-0.4, -0.2) is 48.8 Å². The number of hydrogen-bond donors (Lipinski definition) is 0. The van der Waals surface area contributed by atoms with Crippen molar-refractivity contribution in [3.63, 3.8) is 0 Å². The van der Waals surface area contributed by atoms with Crippen molar-refractivity contribution in [1.82, 2.24) is 4.90 Å². The Hall–Kier alpha value is -3.90. The lowest BCUT2D eigenvalue weighted by Gasteiger charge is -2.37. The highest BCUT2D eigenvalue weighted by Crippen LogP contribution is 2.37. The van der Waals surface area contributed by atoms with Crippen LogP contribution in [-0.2, 0) is 4.79 Å². The minimum atomic E-state index is -0.357. The Morgan fingerprint density at radius 1 is 0.765 bits per heavy atom. The van der Waals surface area contributed by atoms with Crippen molar-refractivity contribution >= 4 is 46.8 Å². The van der Waals surface area contributed by atoms with Crippen molar-refractivity contribution in [2.75, 3.05) is 36.0 Å². The maximum absolute atomic E-state index is 13.1. The summed E-state index contributed by atoms with van der Waals surface area (Å²) in [5.74, 6) is -0.756. The van der Waals surface area contributed by atoms with Crippen molar-refractivity contribution in [2.45, 2.75) is 0 Å². The molecule has 3 aromatic rings. The van der Waals surface area contributed by atoms with E-state index in [1.807, 2.05) is 42.5 Å². The van der Waals surface area contributed by atoms with E-state index in [2.05, 4.69) is 4.90 Å². The zero-order chi connectivity index (χ0) is 23.7. The van der Waals surface area contributed by atoms with Crippen LogP contribution in [0.3, 0.4) is 0 Å². The van der Waals surface area contributed by atoms with Gasteiger partial charge in [0, 0.05) is 37.3 Å². The van der Waals surface area contributed by atoms with Crippen molar-refractivity contribution in [3.05, 3.63) is 101 Å². The second-order valence-electron chi connectivity index (χ2n) is 8.18. The first kappa shape index (κ1) is 21.9. The summed E-state index contributed by atoms with van der Waals surface area (Å²) in [6.45, 7) is 2.20. The molecule has 6 nitrogen and oxygen atoms in total. The van der Waals surface area contributed by atoms with Crippen LogP contribution >= 0.6 is 11.6 Å². The van der Waals surface area contributed by atoms with Crippen LogP contribution in [0, 0.1) is 0 Å². The van der Waals surface area contributed by atoms with Crippen molar-refractivity contribution in [3.8, 4) is 0 Å². The van der Waals surface area contributed by atoms with Gasteiger partial charge in [-0.1, -0.05) is 54.1 Å². The van der Waals surface area contributed by atoms with Crippen LogP contribution in [0.4, 0.5) is 11.4 Å². The fraction of sp³-hybridized carbons (Fsp3) is 0.148. The van der Waals surface area contributed by atoms with E-state index in [9.17, 15) is 14.4 Å². The smallest absolute Gasteiger partial charge is 0.266 e. The SMILES string of the molecule is O=C(C=Cc1ccccc1)N1CCN(c2ccc(Cl)cc2N2C(=O)c3ccccc3C2=O)CC1. The third-order valence-corrected chi connectivity index (χ3v) is 6.36. The summed E-state index contributed by atoms with van der Waals surface area (Å²) in [4.78, 5) is 43.9. The Morgan fingerprint density at radius 2 is 1.38 bits per heavy atom. The summed E-state index contributed by atoms with van der Waals surface area (Å²) < 4.78 is 0. The largest absolute Gasteiger partial charge is 0.366 e. The maximum atomic E-state index is 13.1. The van der Waals surface area contributed by atoms with Gasteiger partial charge in [0.2, 0.25) is 5.91 Å². The predicted octanol–water partition coefficient (Wildman–Crippen LogP) is 4.50. The number of rotatable bonds is 4. The first-order valence-electron chi connectivity index (χ1n) is 11.1. The molecule has 0 saturated carbocycles. The molecule has 170 valence electrons. The standard InChI is InChI=1S/C27H22ClN3O3/c28-20-11-12-23(24(18-20)31-26(33)21-8-4-5-9-22(21)27(31)34)29-14-16-30(17-15-29)25(32)13-10-19-6-2-1-3-7-19/h1-13,18H,14-17H2. The molecule has 0 N–H and O–H groups in total. The lowest BCUT2D eigenvalue weighted by molar-refractivity contribution is -0.126. The maximum Gasteiger partial charge on any atom is 0.266 e. The van der Waals surface area contributed by atoms with Gasteiger partial charge in [0.25, 0.3) is 11.8 Å². The normalized spacial score (nSPS) is 15.9. The molecule has 3 aromatic carbocycles. The minimum Gasteiger partial charge on any atom is -0.366 e. The quantitative estimate of drug-likeness (QED) is 0.415. The van der Waals surface area contributed by atoms with E-state index < -0.39 is 0 Å². The Labute approximate surface area is 202 Å². The zero-order valence-corrected chi connectivity index (χ0v) is 19.1. The van der Waals surface area contributed by atoms with E-state index in [0.717, 1.165) is 11.3 Å². The molecule has 0 bridgehead atoms. The van der Waals surface area contributed by atoms with Crippen molar-refractivity contribution in [1.29, 1.82) is 0 Å². The summed E-state index contributed by atoms with van der Waals surface area (Å²) in [6, 6.07) is 21.7. The molecule has 1 saturated heterocycles. The molecule has 0 spiro atoms. The number of carbonyl (C=O) groups excluding carboxylic acids is 3. The average molecular weight is 472 g/mol. The van der Waals surface area contributed by atoms with Gasteiger partial charge in [-0.3, -0.25) is 14.4 Å². The molecule has 2 aliphatic heterocycles. The van der Waals surface area contributed by atoms with E-state index in [-0.39, 0.29) is 17.7 Å². The summed E-state index contributed by atoms with van der Waals surface area (Å²) >= 11 is 6.26. The third kappa shape index (κ3) is 4.08. The van der Waals surface area contributed by atoms with Gasteiger partial charge in [-0.05, 0) is 42.0 Å². The Balaban J connectivity index is 1.34. The number of piperazine rings is 1. The molecule has 2 heterocycles. The van der Waals surface area contributed by atoms with Gasteiger partial charge >= 0.3 is 0 Å². The van der Waals surface area contributed by atoms with Crippen LogP contribution in [0.5, 0.6) is 0 Å². The monoisotopic (exact) mass is 471 g/mol. The summed E-state index contributed by atoms with van der Waals surface area (Å²) in [7, 11) is 0. The number of hydrogen-bond acceptors (Lipinski definition) is 4. The van der Waals surface area contributed by atoms with Crippen LogP contribution in [0.25, 0.3) is 6.08 Å². The van der Waals surface area contributed by atoms with Gasteiger partial charge in [0.15, 0.2) is 0 Å². The number of nitrogens with zero attached hydrogens (tertiary/aromatic N) is 3. The van der Waals surface area contributed by atoms with E-state index >= 15 is 0 Å². The molecule has 3 amide bonds. The Morgan fingerprint density at radius 3 is 2.03 bits per heavy atom. The number of benzene rings is 3. The zero-order valence-electron chi connectivity index (χ0n) is 18.4. The number of carbonyl (C=O) groups is 3. The molecule has 0 aromatic heterocycles. The highest BCUT2D eigenvalue weighted by Gasteiger charge is 2.38. The van der Waals surface area contributed by atoms with Crippen molar-refractivity contribution in [2.24, 2.45) is 0 Å². The third-order valence-electron chi connectivity index (χ3n) is 6.12. The number of imide groups is 1. The molecule has 5 rings (SSSR count). The fourth-order valence-corrected chi connectivity index (χ4v) is 4.52. The second-order valence-corrected chi connectivity index (χ2v) is 8.62. The van der Waals surface area contributed by atoms with Crippen LogP contribution < -0.4 is 9.80 Å². The Kier molecular flexibility index (Phi) is 5.90.